The monoisotopic (exact) mass is 308 g/mol. The number of hydrogen-bond donors (Lipinski definition) is 0. The van der Waals surface area contributed by atoms with E-state index in [1.54, 1.807) is 0 Å². The van der Waals surface area contributed by atoms with E-state index in [2.05, 4.69) is 38.0 Å². The molecule has 0 radical (unpaired) electrons. The third-order valence-electron chi connectivity index (χ3n) is 5.52. The highest BCUT2D eigenvalue weighted by atomic mass is 15.2. The Hall–Kier alpha value is -2.10. The Kier molecular flexibility index (Phi) is 3.90. The Bertz CT molecular complexity index is 620. The molecule has 120 valence electrons. The molecule has 1 spiro atoms. The minimum atomic E-state index is 0.486. The number of pyridine rings is 2. The molecular weight excluding hydrogens is 284 g/mol. The van der Waals surface area contributed by atoms with Gasteiger partial charge in [-0.1, -0.05) is 0 Å². The molecule has 2 fully saturated rings. The lowest BCUT2D eigenvalue weighted by molar-refractivity contribution is 0.179. The van der Waals surface area contributed by atoms with Crippen molar-refractivity contribution in [1.82, 2.24) is 9.97 Å². The van der Waals surface area contributed by atoms with Crippen LogP contribution in [0.1, 0.15) is 25.7 Å². The average molecular weight is 308 g/mol. The highest BCUT2D eigenvalue weighted by Crippen LogP contribution is 2.41. The highest BCUT2D eigenvalue weighted by Gasteiger charge is 2.38. The molecule has 0 aliphatic carbocycles. The van der Waals surface area contributed by atoms with Crippen LogP contribution >= 0.6 is 0 Å². The predicted octanol–water partition coefficient (Wildman–Crippen LogP) is 3.36. The fourth-order valence-corrected chi connectivity index (χ4v) is 4.17. The smallest absolute Gasteiger partial charge is 0.0552 e. The summed E-state index contributed by atoms with van der Waals surface area (Å²) in [6.07, 6.45) is 12.9. The van der Waals surface area contributed by atoms with Gasteiger partial charge in [0, 0.05) is 50.5 Å². The van der Waals surface area contributed by atoms with E-state index in [9.17, 15) is 0 Å². The molecule has 0 amide bonds. The molecule has 0 N–H and O–H groups in total. The van der Waals surface area contributed by atoms with Gasteiger partial charge in [0.15, 0.2) is 0 Å². The summed E-state index contributed by atoms with van der Waals surface area (Å²) in [7, 11) is 0. The first-order chi connectivity index (χ1) is 11.3. The molecule has 4 rings (SSSR count). The van der Waals surface area contributed by atoms with E-state index in [-0.39, 0.29) is 0 Å². The zero-order chi connectivity index (χ0) is 15.5. The molecule has 0 aromatic carbocycles. The standard InChI is InChI=1S/C19H24N4/c1-3-18(15-21-9-1)22-13-7-19(8-14-22)6-2-12-23(16-19)17-4-10-20-11-5-17/h1,3-5,9-11,15H,2,6-8,12-14,16H2. The Morgan fingerprint density at radius 1 is 0.783 bits per heavy atom. The van der Waals surface area contributed by atoms with E-state index < -0.39 is 0 Å². The summed E-state index contributed by atoms with van der Waals surface area (Å²) in [6, 6.07) is 8.49. The second-order valence-electron chi connectivity index (χ2n) is 6.93. The summed E-state index contributed by atoms with van der Waals surface area (Å²) in [5.74, 6) is 0. The number of nitrogens with zero attached hydrogens (tertiary/aromatic N) is 4. The van der Waals surface area contributed by atoms with Gasteiger partial charge in [-0.05, 0) is 55.4 Å². The van der Waals surface area contributed by atoms with Gasteiger partial charge in [0.1, 0.15) is 0 Å². The number of aromatic nitrogens is 2. The van der Waals surface area contributed by atoms with Gasteiger partial charge in [-0.2, -0.15) is 0 Å². The maximum absolute atomic E-state index is 4.26. The first-order valence-electron chi connectivity index (χ1n) is 8.65. The van der Waals surface area contributed by atoms with E-state index in [1.165, 1.54) is 50.1 Å². The lowest BCUT2D eigenvalue weighted by atomic mass is 9.72. The largest absolute Gasteiger partial charge is 0.371 e. The Labute approximate surface area is 138 Å². The van der Waals surface area contributed by atoms with Crippen molar-refractivity contribution in [3.05, 3.63) is 49.1 Å². The number of hydrogen-bond acceptors (Lipinski definition) is 4. The van der Waals surface area contributed by atoms with Crippen molar-refractivity contribution in [3.8, 4) is 0 Å². The lowest BCUT2D eigenvalue weighted by Crippen LogP contribution is -2.49. The van der Waals surface area contributed by atoms with Gasteiger partial charge in [-0.3, -0.25) is 9.97 Å². The molecule has 23 heavy (non-hydrogen) atoms. The molecule has 2 aliphatic heterocycles. The molecular formula is C19H24N4. The van der Waals surface area contributed by atoms with E-state index in [0.717, 1.165) is 13.1 Å². The summed E-state index contributed by atoms with van der Waals surface area (Å²) >= 11 is 0. The SMILES string of the molecule is c1cncc(N2CCC3(CCCN(c4ccncc4)C3)CC2)c1. The van der Waals surface area contributed by atoms with E-state index in [1.807, 2.05) is 30.9 Å². The first-order valence-corrected chi connectivity index (χ1v) is 8.65. The predicted molar refractivity (Wildman–Crippen MR) is 93.8 cm³/mol. The number of anilines is 2. The number of piperidine rings is 2. The second-order valence-corrected chi connectivity index (χ2v) is 6.93. The minimum Gasteiger partial charge on any atom is -0.371 e. The molecule has 0 bridgehead atoms. The highest BCUT2D eigenvalue weighted by molar-refractivity contribution is 5.46. The fraction of sp³-hybridized carbons (Fsp3) is 0.474. The van der Waals surface area contributed by atoms with Crippen LogP contribution in [-0.4, -0.2) is 36.1 Å². The van der Waals surface area contributed by atoms with Crippen LogP contribution in [-0.2, 0) is 0 Å². The van der Waals surface area contributed by atoms with Gasteiger partial charge in [-0.15, -0.1) is 0 Å². The zero-order valence-corrected chi connectivity index (χ0v) is 13.6. The minimum absolute atomic E-state index is 0.486. The van der Waals surface area contributed by atoms with Gasteiger partial charge in [0.05, 0.1) is 11.9 Å². The van der Waals surface area contributed by atoms with Gasteiger partial charge < -0.3 is 9.80 Å². The van der Waals surface area contributed by atoms with Gasteiger partial charge in [-0.25, -0.2) is 0 Å². The van der Waals surface area contributed by atoms with Crippen LogP contribution in [0, 0.1) is 5.41 Å². The molecule has 2 aromatic heterocycles. The molecule has 2 aliphatic rings. The summed E-state index contributed by atoms with van der Waals surface area (Å²) in [5.41, 5.74) is 3.08. The van der Waals surface area contributed by atoms with Crippen LogP contribution in [0.3, 0.4) is 0 Å². The summed E-state index contributed by atoms with van der Waals surface area (Å²) in [4.78, 5) is 13.5. The van der Waals surface area contributed by atoms with Crippen LogP contribution in [0.5, 0.6) is 0 Å². The Balaban J connectivity index is 1.44. The van der Waals surface area contributed by atoms with Crippen LogP contribution < -0.4 is 9.80 Å². The second kappa shape index (κ2) is 6.19. The average Bonchev–Trinajstić information content (AvgIpc) is 2.64. The third kappa shape index (κ3) is 3.03. The molecule has 4 heteroatoms. The fourth-order valence-electron chi connectivity index (χ4n) is 4.17. The van der Waals surface area contributed by atoms with Gasteiger partial charge in [0.2, 0.25) is 0 Å². The Morgan fingerprint density at radius 3 is 2.35 bits per heavy atom. The van der Waals surface area contributed by atoms with Gasteiger partial charge in [0.25, 0.3) is 0 Å². The Morgan fingerprint density at radius 2 is 1.61 bits per heavy atom. The van der Waals surface area contributed by atoms with Crippen molar-refractivity contribution in [2.45, 2.75) is 25.7 Å². The molecule has 0 unspecified atom stereocenters. The molecule has 0 saturated carbocycles. The van der Waals surface area contributed by atoms with Crippen molar-refractivity contribution in [2.75, 3.05) is 36.0 Å². The van der Waals surface area contributed by atoms with Crippen LogP contribution in [0.2, 0.25) is 0 Å². The molecule has 0 atom stereocenters. The molecule has 4 heterocycles. The number of rotatable bonds is 2. The van der Waals surface area contributed by atoms with Crippen LogP contribution in [0.4, 0.5) is 11.4 Å². The van der Waals surface area contributed by atoms with Crippen LogP contribution in [0.15, 0.2) is 49.1 Å². The first kappa shape index (κ1) is 14.5. The van der Waals surface area contributed by atoms with Crippen molar-refractivity contribution >= 4 is 11.4 Å². The molecule has 2 aromatic rings. The summed E-state index contributed by atoms with van der Waals surface area (Å²) < 4.78 is 0. The van der Waals surface area contributed by atoms with E-state index in [4.69, 9.17) is 0 Å². The summed E-state index contributed by atoms with van der Waals surface area (Å²) in [5, 5.41) is 0. The normalized spacial score (nSPS) is 20.7. The lowest BCUT2D eigenvalue weighted by Gasteiger charge is -2.48. The van der Waals surface area contributed by atoms with E-state index >= 15 is 0 Å². The van der Waals surface area contributed by atoms with Crippen LogP contribution in [0.25, 0.3) is 0 Å². The van der Waals surface area contributed by atoms with Crippen molar-refractivity contribution < 1.29 is 0 Å². The zero-order valence-electron chi connectivity index (χ0n) is 13.6. The summed E-state index contributed by atoms with van der Waals surface area (Å²) in [6.45, 7) is 4.67. The quantitative estimate of drug-likeness (QED) is 0.851. The maximum atomic E-state index is 4.26. The molecule has 2 saturated heterocycles. The molecule has 4 nitrogen and oxygen atoms in total. The van der Waals surface area contributed by atoms with Crippen molar-refractivity contribution in [3.63, 3.8) is 0 Å². The third-order valence-corrected chi connectivity index (χ3v) is 5.52. The van der Waals surface area contributed by atoms with Gasteiger partial charge >= 0.3 is 0 Å². The van der Waals surface area contributed by atoms with E-state index in [0.29, 0.717) is 5.41 Å². The topological polar surface area (TPSA) is 32.3 Å². The van der Waals surface area contributed by atoms with Crippen molar-refractivity contribution in [2.24, 2.45) is 5.41 Å². The van der Waals surface area contributed by atoms with Crippen molar-refractivity contribution in [1.29, 1.82) is 0 Å². The maximum Gasteiger partial charge on any atom is 0.0552 e.